The molecule has 0 bridgehead atoms. The fourth-order valence-electron chi connectivity index (χ4n) is 0.988. The van der Waals surface area contributed by atoms with Crippen molar-refractivity contribution in [1.29, 1.82) is 0 Å². The van der Waals surface area contributed by atoms with E-state index in [0.717, 1.165) is 0 Å². The second-order valence-electron chi connectivity index (χ2n) is 2.66. The summed E-state index contributed by atoms with van der Waals surface area (Å²) in [7, 11) is 0. The molecule has 2 rings (SSSR count). The zero-order valence-corrected chi connectivity index (χ0v) is 9.05. The van der Waals surface area contributed by atoms with Crippen molar-refractivity contribution in [3.05, 3.63) is 39.9 Å². The van der Waals surface area contributed by atoms with Gasteiger partial charge in [-0.05, 0) is 11.4 Å². The van der Waals surface area contributed by atoms with Gasteiger partial charge in [-0.3, -0.25) is 4.79 Å². The molecule has 0 aliphatic heterocycles. The Bertz CT molecular complexity index is 472. The highest BCUT2D eigenvalue weighted by Crippen LogP contribution is 2.13. The third-order valence-electron chi connectivity index (χ3n) is 1.62. The summed E-state index contributed by atoms with van der Waals surface area (Å²) in [5.74, 6) is 0.202. The Morgan fingerprint density at radius 3 is 3.00 bits per heavy atom. The molecule has 6 heteroatoms. The Kier molecular flexibility index (Phi) is 2.94. The van der Waals surface area contributed by atoms with E-state index in [0.29, 0.717) is 15.8 Å². The van der Waals surface area contributed by atoms with E-state index >= 15 is 0 Å². The fourth-order valence-corrected chi connectivity index (χ4v) is 1.75. The second kappa shape index (κ2) is 4.37. The molecule has 2 aromatic heterocycles. The van der Waals surface area contributed by atoms with Crippen LogP contribution in [0, 0.1) is 0 Å². The maximum atomic E-state index is 11.6. The Labute approximate surface area is 94.9 Å². The third kappa shape index (κ3) is 2.51. The van der Waals surface area contributed by atoms with Gasteiger partial charge in [0.15, 0.2) is 0 Å². The van der Waals surface area contributed by atoms with Gasteiger partial charge >= 0.3 is 0 Å². The fraction of sp³-hybridized carbons (Fsp3) is 0. The van der Waals surface area contributed by atoms with Crippen LogP contribution >= 0.6 is 22.9 Å². The lowest BCUT2D eigenvalue weighted by molar-refractivity contribution is 0.103. The largest absolute Gasteiger partial charge is 0.306 e. The first kappa shape index (κ1) is 10.1. The molecule has 1 N–H and O–H groups in total. The molecule has 15 heavy (non-hydrogen) atoms. The van der Waals surface area contributed by atoms with Crippen LogP contribution in [0.4, 0.5) is 5.82 Å². The Morgan fingerprint density at radius 1 is 1.47 bits per heavy atom. The van der Waals surface area contributed by atoms with E-state index in [1.54, 1.807) is 6.07 Å². The van der Waals surface area contributed by atoms with Crippen LogP contribution in [0.5, 0.6) is 0 Å². The molecule has 0 atom stereocenters. The molecule has 76 valence electrons. The van der Waals surface area contributed by atoms with Crippen molar-refractivity contribution < 1.29 is 4.79 Å². The van der Waals surface area contributed by atoms with Gasteiger partial charge in [-0.2, -0.15) is 0 Å². The van der Waals surface area contributed by atoms with Crippen molar-refractivity contribution in [2.24, 2.45) is 0 Å². The Balaban J connectivity index is 2.13. The van der Waals surface area contributed by atoms with Crippen LogP contribution in [0.15, 0.2) is 29.9 Å². The number of carbonyl (C=O) groups excluding carboxylic acids is 1. The van der Waals surface area contributed by atoms with Crippen molar-refractivity contribution in [2.75, 3.05) is 5.32 Å². The van der Waals surface area contributed by atoms with E-state index in [9.17, 15) is 4.79 Å². The zero-order chi connectivity index (χ0) is 10.7. The topological polar surface area (TPSA) is 54.9 Å². The SMILES string of the molecule is O=C(Nc1cc(Cl)ncn1)c1cccs1. The number of nitrogens with zero attached hydrogens (tertiary/aromatic N) is 2. The minimum atomic E-state index is -0.195. The molecule has 0 aliphatic carbocycles. The molecule has 0 fully saturated rings. The van der Waals surface area contributed by atoms with Gasteiger partial charge in [0.1, 0.15) is 17.3 Å². The molecule has 4 nitrogen and oxygen atoms in total. The summed E-state index contributed by atoms with van der Waals surface area (Å²) in [6.07, 6.45) is 1.30. The summed E-state index contributed by atoms with van der Waals surface area (Å²) < 4.78 is 0. The number of anilines is 1. The molecule has 0 aromatic carbocycles. The van der Waals surface area contributed by atoms with E-state index in [-0.39, 0.29) is 5.91 Å². The molecule has 0 unspecified atom stereocenters. The summed E-state index contributed by atoms with van der Waals surface area (Å²) in [6, 6.07) is 5.04. The van der Waals surface area contributed by atoms with Gasteiger partial charge < -0.3 is 5.32 Å². The van der Waals surface area contributed by atoms with E-state index < -0.39 is 0 Å². The molecule has 0 radical (unpaired) electrons. The summed E-state index contributed by atoms with van der Waals surface area (Å²) >= 11 is 7.02. The number of aromatic nitrogens is 2. The van der Waals surface area contributed by atoms with Gasteiger partial charge in [0.2, 0.25) is 0 Å². The number of rotatable bonds is 2. The number of halogens is 1. The molecule has 2 aromatic rings. The average Bonchev–Trinajstić information content (AvgIpc) is 2.70. The minimum absolute atomic E-state index is 0.195. The maximum Gasteiger partial charge on any atom is 0.266 e. The highest BCUT2D eigenvalue weighted by molar-refractivity contribution is 7.12. The van der Waals surface area contributed by atoms with E-state index in [1.165, 1.54) is 23.7 Å². The number of carbonyl (C=O) groups is 1. The highest BCUT2D eigenvalue weighted by Gasteiger charge is 2.07. The van der Waals surface area contributed by atoms with E-state index in [4.69, 9.17) is 11.6 Å². The molecular formula is C9H6ClN3OS. The lowest BCUT2D eigenvalue weighted by Crippen LogP contribution is -2.11. The summed E-state index contributed by atoms with van der Waals surface area (Å²) in [5.41, 5.74) is 0. The van der Waals surface area contributed by atoms with Gasteiger partial charge in [-0.25, -0.2) is 9.97 Å². The average molecular weight is 240 g/mol. The summed E-state index contributed by atoms with van der Waals surface area (Å²) in [4.78, 5) is 19.8. The van der Waals surface area contributed by atoms with E-state index in [1.807, 2.05) is 11.4 Å². The van der Waals surface area contributed by atoms with Gasteiger partial charge in [0.05, 0.1) is 4.88 Å². The molecule has 2 heterocycles. The first-order valence-corrected chi connectivity index (χ1v) is 5.34. The Hall–Kier alpha value is -1.46. The molecule has 0 aliphatic rings. The number of thiophene rings is 1. The number of nitrogens with one attached hydrogen (secondary N) is 1. The normalized spacial score (nSPS) is 9.93. The lowest BCUT2D eigenvalue weighted by atomic mass is 10.4. The number of hydrogen-bond donors (Lipinski definition) is 1. The van der Waals surface area contributed by atoms with Gasteiger partial charge in [-0.1, -0.05) is 17.7 Å². The van der Waals surface area contributed by atoms with Gasteiger partial charge in [0, 0.05) is 6.07 Å². The Morgan fingerprint density at radius 2 is 2.33 bits per heavy atom. The highest BCUT2D eigenvalue weighted by atomic mass is 35.5. The third-order valence-corrected chi connectivity index (χ3v) is 2.70. The zero-order valence-electron chi connectivity index (χ0n) is 7.48. The van der Waals surface area contributed by atoms with Gasteiger partial charge in [-0.15, -0.1) is 11.3 Å². The molecule has 0 spiro atoms. The van der Waals surface area contributed by atoms with Crippen LogP contribution in [0.3, 0.4) is 0 Å². The van der Waals surface area contributed by atoms with E-state index in [2.05, 4.69) is 15.3 Å². The smallest absolute Gasteiger partial charge is 0.266 e. The van der Waals surface area contributed by atoms with Crippen LogP contribution in [0.25, 0.3) is 0 Å². The molecule has 0 saturated carbocycles. The predicted molar refractivity (Wildman–Crippen MR) is 59.3 cm³/mol. The van der Waals surface area contributed by atoms with Crippen molar-refractivity contribution in [2.45, 2.75) is 0 Å². The molecule has 1 amide bonds. The predicted octanol–water partition coefficient (Wildman–Crippen LogP) is 2.44. The quantitative estimate of drug-likeness (QED) is 0.819. The molecular weight excluding hydrogens is 234 g/mol. The maximum absolute atomic E-state index is 11.6. The summed E-state index contributed by atoms with van der Waals surface area (Å²) in [6.45, 7) is 0. The first-order valence-electron chi connectivity index (χ1n) is 4.08. The van der Waals surface area contributed by atoms with Crippen LogP contribution in [-0.2, 0) is 0 Å². The van der Waals surface area contributed by atoms with Gasteiger partial charge in [0.25, 0.3) is 5.91 Å². The van der Waals surface area contributed by atoms with Crippen LogP contribution in [-0.4, -0.2) is 15.9 Å². The second-order valence-corrected chi connectivity index (χ2v) is 3.99. The van der Waals surface area contributed by atoms with Crippen molar-refractivity contribution in [3.8, 4) is 0 Å². The molecule has 0 saturated heterocycles. The van der Waals surface area contributed by atoms with Crippen molar-refractivity contribution in [3.63, 3.8) is 0 Å². The van der Waals surface area contributed by atoms with Crippen molar-refractivity contribution in [1.82, 2.24) is 9.97 Å². The first-order chi connectivity index (χ1) is 7.25. The minimum Gasteiger partial charge on any atom is -0.306 e. The van der Waals surface area contributed by atoms with Crippen LogP contribution in [0.2, 0.25) is 5.15 Å². The standard InChI is InChI=1S/C9H6ClN3OS/c10-7-4-8(12-5-11-7)13-9(14)6-2-1-3-15-6/h1-5H,(H,11,12,13,14). The van der Waals surface area contributed by atoms with Crippen LogP contribution in [0.1, 0.15) is 9.67 Å². The summed E-state index contributed by atoms with van der Waals surface area (Å²) in [5, 5.41) is 4.75. The van der Waals surface area contributed by atoms with Crippen LogP contribution < -0.4 is 5.32 Å². The number of amides is 1. The monoisotopic (exact) mass is 239 g/mol. The lowest BCUT2D eigenvalue weighted by Gasteiger charge is -2.01. The van der Waals surface area contributed by atoms with Crippen molar-refractivity contribution >= 4 is 34.7 Å². The number of hydrogen-bond acceptors (Lipinski definition) is 4.